The number of likely N-dealkylation sites (N-methyl/N-ethyl adjacent to an activating group) is 1. The number of rotatable bonds is 5. The molecule has 82 valence electrons. The summed E-state index contributed by atoms with van der Waals surface area (Å²) in [6.45, 7) is 4.53. The van der Waals surface area contributed by atoms with Crippen LogP contribution in [0.4, 0.5) is 0 Å². The van der Waals surface area contributed by atoms with Gasteiger partial charge in [0, 0.05) is 6.54 Å². The van der Waals surface area contributed by atoms with Gasteiger partial charge in [-0.25, -0.2) is 4.99 Å². The predicted molar refractivity (Wildman–Crippen MR) is 56.0 cm³/mol. The smallest absolute Gasteiger partial charge is 0.300 e. The van der Waals surface area contributed by atoms with E-state index in [-0.39, 0.29) is 0 Å². The van der Waals surface area contributed by atoms with Gasteiger partial charge in [-0.3, -0.25) is 4.79 Å². The number of hydrogen-bond donors (Lipinski definition) is 1. The molecule has 0 heterocycles. The van der Waals surface area contributed by atoms with E-state index in [2.05, 4.69) is 36.2 Å². The lowest BCUT2D eigenvalue weighted by molar-refractivity contribution is -0.868. The third-order valence-corrected chi connectivity index (χ3v) is 1.51. The van der Waals surface area contributed by atoms with E-state index >= 15 is 0 Å². The van der Waals surface area contributed by atoms with Crippen LogP contribution in [0.5, 0.6) is 0 Å². The van der Waals surface area contributed by atoms with Crippen LogP contribution in [-0.4, -0.2) is 57.8 Å². The van der Waals surface area contributed by atoms with Crippen LogP contribution in [0.15, 0.2) is 4.99 Å². The lowest BCUT2D eigenvalue weighted by Crippen LogP contribution is -2.37. The molecule has 0 radical (unpaired) electrons. The molecule has 0 spiro atoms. The molecule has 0 atom stereocenters. The number of hydrogen-bond acceptors (Lipinski definition) is 3. The molecule has 14 heavy (non-hydrogen) atoms. The molecule has 0 aliphatic heterocycles. The van der Waals surface area contributed by atoms with Crippen molar-refractivity contribution in [3.8, 4) is 0 Å². The van der Waals surface area contributed by atoms with E-state index in [0.717, 1.165) is 11.0 Å². The van der Waals surface area contributed by atoms with Gasteiger partial charge in [0.25, 0.3) is 6.02 Å². The zero-order valence-corrected chi connectivity index (χ0v) is 9.41. The van der Waals surface area contributed by atoms with Crippen molar-refractivity contribution in [3.05, 3.63) is 0 Å². The van der Waals surface area contributed by atoms with Crippen molar-refractivity contribution in [3.63, 3.8) is 0 Å². The molecule has 0 aliphatic carbocycles. The highest BCUT2D eigenvalue weighted by Gasteiger charge is 2.05. The number of nitrogens with zero attached hydrogens (tertiary/aromatic N) is 2. The summed E-state index contributed by atoms with van der Waals surface area (Å²) in [5, 5.41) is 2.86. The summed E-state index contributed by atoms with van der Waals surface area (Å²) in [7, 11) is 6.26. The Morgan fingerprint density at radius 3 is 2.57 bits per heavy atom. The normalized spacial score (nSPS) is 12.4. The Hall–Kier alpha value is -1.10. The average Bonchev–Trinajstić information content (AvgIpc) is 2.02. The maximum absolute atomic E-state index is 10.1. The molecule has 0 bridgehead atoms. The highest BCUT2D eigenvalue weighted by molar-refractivity contribution is 5.79. The van der Waals surface area contributed by atoms with E-state index in [1.54, 1.807) is 0 Å². The lowest BCUT2D eigenvalue weighted by Gasteiger charge is -2.22. The summed E-state index contributed by atoms with van der Waals surface area (Å²) >= 11 is 0. The van der Waals surface area contributed by atoms with Crippen molar-refractivity contribution in [2.75, 3.05) is 40.8 Å². The van der Waals surface area contributed by atoms with E-state index in [9.17, 15) is 4.79 Å². The molecular weight excluding hydrogens is 182 g/mol. The highest BCUT2D eigenvalue weighted by atomic mass is 16.5. The Morgan fingerprint density at radius 2 is 2.14 bits per heavy atom. The zero-order chi connectivity index (χ0) is 11.0. The van der Waals surface area contributed by atoms with Crippen LogP contribution >= 0.6 is 0 Å². The minimum Gasteiger partial charge on any atom is -0.395 e. The van der Waals surface area contributed by atoms with Crippen LogP contribution in [0, 0.1) is 0 Å². The first-order chi connectivity index (χ1) is 6.49. The van der Waals surface area contributed by atoms with Crippen LogP contribution in [0.2, 0.25) is 0 Å². The van der Waals surface area contributed by atoms with Gasteiger partial charge < -0.3 is 14.5 Å². The molecule has 0 aliphatic rings. The Kier molecular flexibility index (Phi) is 5.87. The molecule has 0 aromatic rings. The molecule has 0 rings (SSSR count). The number of nitrogens with one attached hydrogen (secondary N) is 1. The molecule has 5 heteroatoms. The van der Waals surface area contributed by atoms with Crippen LogP contribution in [0.1, 0.15) is 6.92 Å². The first kappa shape index (κ1) is 12.9. The summed E-state index contributed by atoms with van der Waals surface area (Å²) in [5.41, 5.74) is 0. The topological polar surface area (TPSA) is 50.7 Å². The van der Waals surface area contributed by atoms with Gasteiger partial charge in [-0.1, -0.05) is 0 Å². The largest absolute Gasteiger partial charge is 0.395 e. The third kappa shape index (κ3) is 7.54. The standard InChI is InChI=1S/C9H20N3O2/c1-5-10-9(14-8-13)11-6-7-12(2,3)4/h8H,5-7H2,1-4H3,(H,10,11)/q+1. The highest BCUT2D eigenvalue weighted by Crippen LogP contribution is 1.89. The number of quaternary nitrogens is 1. The van der Waals surface area contributed by atoms with Crippen molar-refractivity contribution in [2.45, 2.75) is 6.92 Å². The van der Waals surface area contributed by atoms with Crippen molar-refractivity contribution in [1.29, 1.82) is 0 Å². The molecule has 0 saturated carbocycles. The second-order valence-corrected chi connectivity index (χ2v) is 3.95. The second kappa shape index (κ2) is 6.37. The average molecular weight is 202 g/mol. The van der Waals surface area contributed by atoms with E-state index < -0.39 is 0 Å². The molecule has 1 N–H and O–H groups in total. The second-order valence-electron chi connectivity index (χ2n) is 3.95. The molecule has 0 aromatic heterocycles. The van der Waals surface area contributed by atoms with Gasteiger partial charge >= 0.3 is 6.47 Å². The number of aliphatic imine (C=N–C) groups is 1. The summed E-state index contributed by atoms with van der Waals surface area (Å²) in [6.07, 6.45) is 0. The minimum atomic E-state index is 0.302. The molecule has 0 unspecified atom stereocenters. The molecular formula is C9H20N3O2+. The first-order valence-electron chi connectivity index (χ1n) is 4.68. The molecule has 0 saturated heterocycles. The number of carbonyl (C=O) groups excluding carboxylic acids is 1. The lowest BCUT2D eigenvalue weighted by atomic mass is 10.5. The Labute approximate surface area is 85.3 Å². The van der Waals surface area contributed by atoms with E-state index in [1.807, 2.05) is 6.92 Å². The van der Waals surface area contributed by atoms with Gasteiger partial charge in [0.15, 0.2) is 0 Å². The third-order valence-electron chi connectivity index (χ3n) is 1.51. The van der Waals surface area contributed by atoms with Crippen LogP contribution in [-0.2, 0) is 9.53 Å². The quantitative estimate of drug-likeness (QED) is 0.291. The SMILES string of the molecule is CCNC(=NCC[N+](C)(C)C)OC=O. The van der Waals surface area contributed by atoms with Gasteiger partial charge in [-0.15, -0.1) is 0 Å². The predicted octanol–water partition coefficient (Wildman–Crippen LogP) is -0.169. The van der Waals surface area contributed by atoms with Crippen LogP contribution < -0.4 is 5.32 Å². The Balaban J connectivity index is 3.95. The van der Waals surface area contributed by atoms with Crippen molar-refractivity contribution in [1.82, 2.24) is 5.32 Å². The van der Waals surface area contributed by atoms with Crippen LogP contribution in [0.25, 0.3) is 0 Å². The molecule has 0 aromatic carbocycles. The number of ether oxygens (including phenoxy) is 1. The maximum Gasteiger partial charge on any atom is 0.300 e. The van der Waals surface area contributed by atoms with Gasteiger partial charge in [-0.2, -0.15) is 0 Å². The monoisotopic (exact) mass is 202 g/mol. The number of carbonyl (C=O) groups is 1. The Bertz CT molecular complexity index is 197. The van der Waals surface area contributed by atoms with Crippen LogP contribution in [0.3, 0.4) is 0 Å². The zero-order valence-electron chi connectivity index (χ0n) is 9.41. The summed E-state index contributed by atoms with van der Waals surface area (Å²) in [5.74, 6) is 0. The van der Waals surface area contributed by atoms with Crippen molar-refractivity contribution >= 4 is 12.5 Å². The van der Waals surface area contributed by atoms with Crippen molar-refractivity contribution < 1.29 is 14.0 Å². The summed E-state index contributed by atoms with van der Waals surface area (Å²) in [4.78, 5) is 14.2. The van der Waals surface area contributed by atoms with Gasteiger partial charge in [0.2, 0.25) is 0 Å². The fourth-order valence-corrected chi connectivity index (χ4v) is 0.783. The van der Waals surface area contributed by atoms with Gasteiger partial charge in [-0.05, 0) is 6.92 Å². The van der Waals surface area contributed by atoms with E-state index in [1.165, 1.54) is 0 Å². The van der Waals surface area contributed by atoms with Gasteiger partial charge in [0.05, 0.1) is 34.2 Å². The minimum absolute atomic E-state index is 0.302. The molecule has 0 amide bonds. The molecule has 5 nitrogen and oxygen atoms in total. The summed E-state index contributed by atoms with van der Waals surface area (Å²) in [6, 6.07) is 0.302. The Morgan fingerprint density at radius 1 is 1.50 bits per heavy atom. The van der Waals surface area contributed by atoms with E-state index in [0.29, 0.717) is 25.6 Å². The van der Waals surface area contributed by atoms with E-state index in [4.69, 9.17) is 0 Å². The fraction of sp³-hybridized carbons (Fsp3) is 0.778. The number of amidine groups is 1. The molecule has 0 fully saturated rings. The fourth-order valence-electron chi connectivity index (χ4n) is 0.783. The maximum atomic E-state index is 10.1. The van der Waals surface area contributed by atoms with Gasteiger partial charge in [0.1, 0.15) is 0 Å². The van der Waals surface area contributed by atoms with Crippen molar-refractivity contribution in [2.24, 2.45) is 4.99 Å². The summed E-state index contributed by atoms with van der Waals surface area (Å²) < 4.78 is 5.49. The first-order valence-corrected chi connectivity index (χ1v) is 4.68.